The van der Waals surface area contributed by atoms with E-state index in [1.807, 2.05) is 36.9 Å². The summed E-state index contributed by atoms with van der Waals surface area (Å²) in [5.74, 6) is -0.0189. The maximum atomic E-state index is 12.5. The molecule has 2 aromatic rings. The number of nitrogens with zero attached hydrogens (tertiary/aromatic N) is 3. The van der Waals surface area contributed by atoms with Crippen LogP contribution in [-0.2, 0) is 4.79 Å². The van der Waals surface area contributed by atoms with Crippen molar-refractivity contribution in [3.8, 4) is 6.01 Å². The van der Waals surface area contributed by atoms with E-state index in [0.29, 0.717) is 17.6 Å². The number of likely N-dealkylation sites (tertiary alicyclic amines) is 1. The van der Waals surface area contributed by atoms with Crippen molar-refractivity contribution in [1.82, 2.24) is 14.9 Å². The maximum absolute atomic E-state index is 12.5. The second-order valence-electron chi connectivity index (χ2n) is 6.48. The summed E-state index contributed by atoms with van der Waals surface area (Å²) in [6.45, 7) is 5.11. The average molecular weight is 372 g/mol. The van der Waals surface area contributed by atoms with Crippen LogP contribution in [0.4, 0.5) is 0 Å². The van der Waals surface area contributed by atoms with Gasteiger partial charge in [-0.1, -0.05) is 23.7 Å². The first-order chi connectivity index (χ1) is 12.5. The Balaban J connectivity index is 1.60. The summed E-state index contributed by atoms with van der Waals surface area (Å²) >= 11 is 5.87. The van der Waals surface area contributed by atoms with Gasteiger partial charge in [0.15, 0.2) is 0 Å². The minimum Gasteiger partial charge on any atom is -0.458 e. The first-order valence-electron chi connectivity index (χ1n) is 8.71. The zero-order chi connectivity index (χ0) is 18.5. The van der Waals surface area contributed by atoms with Gasteiger partial charge in [-0.15, -0.1) is 0 Å². The van der Waals surface area contributed by atoms with Crippen LogP contribution in [0.2, 0.25) is 5.02 Å². The molecule has 6 heteroatoms. The van der Waals surface area contributed by atoms with Crippen LogP contribution in [0.25, 0.3) is 6.08 Å². The topological polar surface area (TPSA) is 55.3 Å². The third-order valence-electron chi connectivity index (χ3n) is 4.21. The number of ether oxygens (including phenoxy) is 1. The minimum absolute atomic E-state index is 0.0189. The van der Waals surface area contributed by atoms with Crippen LogP contribution in [0.1, 0.15) is 29.8 Å². The smallest absolute Gasteiger partial charge is 0.317 e. The van der Waals surface area contributed by atoms with Crippen LogP contribution in [-0.4, -0.2) is 40.0 Å². The van der Waals surface area contributed by atoms with E-state index in [4.69, 9.17) is 16.3 Å². The van der Waals surface area contributed by atoms with Gasteiger partial charge in [0.25, 0.3) is 0 Å². The average Bonchev–Trinajstić information content (AvgIpc) is 2.60. The highest BCUT2D eigenvalue weighted by atomic mass is 35.5. The number of hydrogen-bond acceptors (Lipinski definition) is 4. The molecule has 1 aliphatic heterocycles. The lowest BCUT2D eigenvalue weighted by molar-refractivity contribution is -0.128. The van der Waals surface area contributed by atoms with Gasteiger partial charge in [-0.3, -0.25) is 4.79 Å². The number of aryl methyl sites for hydroxylation is 2. The molecule has 0 radical (unpaired) electrons. The van der Waals surface area contributed by atoms with Gasteiger partial charge in [-0.05, 0) is 56.5 Å². The first kappa shape index (κ1) is 18.4. The summed E-state index contributed by atoms with van der Waals surface area (Å²) < 4.78 is 5.92. The maximum Gasteiger partial charge on any atom is 0.317 e. The molecule has 5 nitrogen and oxygen atoms in total. The number of benzene rings is 1. The van der Waals surface area contributed by atoms with Gasteiger partial charge in [-0.2, -0.15) is 0 Å². The molecule has 1 unspecified atom stereocenters. The number of carbonyl (C=O) groups excluding carboxylic acids is 1. The van der Waals surface area contributed by atoms with Crippen molar-refractivity contribution in [2.24, 2.45) is 0 Å². The zero-order valence-electron chi connectivity index (χ0n) is 15.0. The van der Waals surface area contributed by atoms with Crippen LogP contribution in [0.15, 0.2) is 36.4 Å². The summed E-state index contributed by atoms with van der Waals surface area (Å²) in [5, 5.41) is 0.679. The molecule has 3 rings (SSSR count). The van der Waals surface area contributed by atoms with Crippen LogP contribution in [0, 0.1) is 13.8 Å². The third-order valence-corrected chi connectivity index (χ3v) is 4.46. The van der Waals surface area contributed by atoms with Crippen LogP contribution >= 0.6 is 11.6 Å². The van der Waals surface area contributed by atoms with Crippen LogP contribution < -0.4 is 4.74 Å². The monoisotopic (exact) mass is 371 g/mol. The van der Waals surface area contributed by atoms with Crippen molar-refractivity contribution in [3.63, 3.8) is 0 Å². The molecule has 0 aliphatic carbocycles. The molecule has 26 heavy (non-hydrogen) atoms. The van der Waals surface area contributed by atoms with Gasteiger partial charge < -0.3 is 9.64 Å². The molecule has 1 aliphatic rings. The fourth-order valence-corrected chi connectivity index (χ4v) is 3.10. The Morgan fingerprint density at radius 1 is 1.23 bits per heavy atom. The van der Waals surface area contributed by atoms with Crippen molar-refractivity contribution in [2.45, 2.75) is 32.8 Å². The van der Waals surface area contributed by atoms with E-state index >= 15 is 0 Å². The fraction of sp³-hybridized carbons (Fsp3) is 0.350. The van der Waals surface area contributed by atoms with E-state index in [9.17, 15) is 4.79 Å². The van der Waals surface area contributed by atoms with E-state index in [1.54, 1.807) is 24.3 Å². The molecule has 136 valence electrons. The molecule has 1 aromatic carbocycles. The molecule has 2 heterocycles. The van der Waals surface area contributed by atoms with Crippen LogP contribution in [0.3, 0.4) is 0 Å². The van der Waals surface area contributed by atoms with Crippen molar-refractivity contribution in [2.75, 3.05) is 13.1 Å². The number of aromatic nitrogens is 2. The van der Waals surface area contributed by atoms with Crippen LogP contribution in [0.5, 0.6) is 6.01 Å². The van der Waals surface area contributed by atoms with E-state index in [0.717, 1.165) is 36.3 Å². The highest BCUT2D eigenvalue weighted by Crippen LogP contribution is 2.17. The molecule has 1 atom stereocenters. The second-order valence-corrected chi connectivity index (χ2v) is 6.92. The molecule has 1 aromatic heterocycles. The SMILES string of the molecule is Cc1cc(C)nc(OC2CCCN(C(=O)/C=C/c3ccc(Cl)cc3)C2)n1. The van der Waals surface area contributed by atoms with Crippen molar-refractivity contribution in [3.05, 3.63) is 58.4 Å². The highest BCUT2D eigenvalue weighted by molar-refractivity contribution is 6.30. The largest absolute Gasteiger partial charge is 0.458 e. The summed E-state index contributed by atoms with van der Waals surface area (Å²) in [4.78, 5) is 22.9. The highest BCUT2D eigenvalue weighted by Gasteiger charge is 2.24. The number of halogens is 1. The molecule has 1 saturated heterocycles. The predicted molar refractivity (Wildman–Crippen MR) is 102 cm³/mol. The number of amides is 1. The van der Waals surface area contributed by atoms with E-state index in [1.165, 1.54) is 0 Å². The number of hydrogen-bond donors (Lipinski definition) is 0. The molecular weight excluding hydrogens is 350 g/mol. The summed E-state index contributed by atoms with van der Waals surface area (Å²) in [5.41, 5.74) is 2.69. The van der Waals surface area contributed by atoms with Crippen molar-refractivity contribution < 1.29 is 9.53 Å². The Kier molecular flexibility index (Phi) is 5.89. The number of carbonyl (C=O) groups is 1. The van der Waals surface area contributed by atoms with Crippen molar-refractivity contribution >= 4 is 23.6 Å². The lowest BCUT2D eigenvalue weighted by Gasteiger charge is -2.31. The first-order valence-corrected chi connectivity index (χ1v) is 9.09. The van der Waals surface area contributed by atoms with Gasteiger partial charge in [0.05, 0.1) is 6.54 Å². The van der Waals surface area contributed by atoms with Gasteiger partial charge in [0.2, 0.25) is 5.91 Å². The molecule has 0 saturated carbocycles. The Morgan fingerprint density at radius 3 is 2.62 bits per heavy atom. The zero-order valence-corrected chi connectivity index (χ0v) is 15.7. The predicted octanol–water partition coefficient (Wildman–Crippen LogP) is 3.83. The molecular formula is C20H22ClN3O2. The standard InChI is InChI=1S/C20H22ClN3O2/c1-14-12-15(2)23-20(22-14)26-18-4-3-11-24(13-18)19(25)10-7-16-5-8-17(21)9-6-16/h5-10,12,18H,3-4,11,13H2,1-2H3/b10-7+. The normalized spacial score (nSPS) is 17.5. The van der Waals surface area contributed by atoms with E-state index in [2.05, 4.69) is 9.97 Å². The fourth-order valence-electron chi connectivity index (χ4n) is 2.98. The van der Waals surface area contributed by atoms with Gasteiger partial charge in [-0.25, -0.2) is 9.97 Å². The molecule has 0 bridgehead atoms. The Morgan fingerprint density at radius 2 is 1.92 bits per heavy atom. The minimum atomic E-state index is -0.0853. The summed E-state index contributed by atoms with van der Waals surface area (Å²) in [7, 11) is 0. The number of piperidine rings is 1. The van der Waals surface area contributed by atoms with Gasteiger partial charge >= 0.3 is 6.01 Å². The Bertz CT molecular complexity index is 785. The Hall–Kier alpha value is -2.40. The molecule has 0 spiro atoms. The third kappa shape index (κ3) is 5.05. The lowest BCUT2D eigenvalue weighted by atomic mass is 10.1. The van der Waals surface area contributed by atoms with E-state index < -0.39 is 0 Å². The molecule has 1 fully saturated rings. The van der Waals surface area contributed by atoms with Crippen molar-refractivity contribution in [1.29, 1.82) is 0 Å². The van der Waals surface area contributed by atoms with Gasteiger partial charge in [0, 0.05) is 29.0 Å². The quantitative estimate of drug-likeness (QED) is 0.766. The van der Waals surface area contributed by atoms with Gasteiger partial charge in [0.1, 0.15) is 6.10 Å². The summed E-state index contributed by atoms with van der Waals surface area (Å²) in [6, 6.07) is 9.67. The Labute approximate surface area is 158 Å². The van der Waals surface area contributed by atoms with E-state index in [-0.39, 0.29) is 12.0 Å². The lowest BCUT2D eigenvalue weighted by Crippen LogP contribution is -2.44. The second kappa shape index (κ2) is 8.32. The molecule has 0 N–H and O–H groups in total. The number of rotatable bonds is 4. The molecule has 1 amide bonds. The summed E-state index contributed by atoms with van der Waals surface area (Å²) in [6.07, 6.45) is 5.10.